The molecule has 0 aliphatic carbocycles. The van der Waals surface area contributed by atoms with Gasteiger partial charge < -0.3 is 10.1 Å². The molecule has 0 radical (unpaired) electrons. The third-order valence-electron chi connectivity index (χ3n) is 2.77. The second kappa shape index (κ2) is 5.06. The van der Waals surface area contributed by atoms with Crippen molar-refractivity contribution in [2.24, 2.45) is 0 Å². The van der Waals surface area contributed by atoms with Gasteiger partial charge in [-0.15, -0.1) is 0 Å². The Labute approximate surface area is 97.8 Å². The zero-order valence-electron chi connectivity index (χ0n) is 9.26. The van der Waals surface area contributed by atoms with Gasteiger partial charge in [-0.05, 0) is 11.6 Å². The van der Waals surface area contributed by atoms with Gasteiger partial charge in [-0.1, -0.05) is 18.2 Å². The average Bonchev–Trinajstić information content (AvgIpc) is 2.30. The lowest BCUT2D eigenvalue weighted by Crippen LogP contribution is -2.39. The predicted molar refractivity (Wildman–Crippen MR) is 57.8 cm³/mol. The maximum atomic E-state index is 12.7. The van der Waals surface area contributed by atoms with Crippen LogP contribution < -0.4 is 5.32 Å². The molecule has 1 atom stereocenters. The summed E-state index contributed by atoms with van der Waals surface area (Å²) in [6.07, 6.45) is -4.17. The van der Waals surface area contributed by atoms with Gasteiger partial charge in [0, 0.05) is 19.5 Å². The summed E-state index contributed by atoms with van der Waals surface area (Å²) >= 11 is 0. The number of morpholine rings is 1. The highest BCUT2D eigenvalue weighted by Crippen LogP contribution is 2.32. The van der Waals surface area contributed by atoms with Crippen LogP contribution in [0.1, 0.15) is 11.1 Å². The van der Waals surface area contributed by atoms with Gasteiger partial charge in [-0.2, -0.15) is 13.2 Å². The smallest absolute Gasteiger partial charge is 0.375 e. The van der Waals surface area contributed by atoms with E-state index >= 15 is 0 Å². The summed E-state index contributed by atoms with van der Waals surface area (Å²) in [5, 5.41) is 3.11. The van der Waals surface area contributed by atoms with Crippen molar-refractivity contribution in [3.05, 3.63) is 35.4 Å². The molecule has 94 valence electrons. The first-order valence-electron chi connectivity index (χ1n) is 5.55. The standard InChI is InChI=1S/C12H14F3NO/c13-12(14,15)11-4-2-1-3-9(11)7-10-8-16-5-6-17-10/h1-4,10,16H,5-8H2. The average molecular weight is 245 g/mol. The van der Waals surface area contributed by atoms with Crippen molar-refractivity contribution in [3.63, 3.8) is 0 Å². The molecule has 1 fully saturated rings. The minimum atomic E-state index is -4.29. The number of benzene rings is 1. The van der Waals surface area contributed by atoms with Gasteiger partial charge in [0.15, 0.2) is 0 Å². The van der Waals surface area contributed by atoms with Crippen LogP contribution in [0.2, 0.25) is 0 Å². The Morgan fingerprint density at radius 2 is 2.06 bits per heavy atom. The molecule has 1 heterocycles. The molecule has 1 aliphatic heterocycles. The van der Waals surface area contributed by atoms with E-state index in [9.17, 15) is 13.2 Å². The van der Waals surface area contributed by atoms with Crippen LogP contribution in [0, 0.1) is 0 Å². The minimum absolute atomic E-state index is 0.174. The van der Waals surface area contributed by atoms with E-state index in [1.54, 1.807) is 6.07 Å². The van der Waals surface area contributed by atoms with E-state index in [4.69, 9.17) is 4.74 Å². The SMILES string of the molecule is FC(F)(F)c1ccccc1CC1CNCCO1. The van der Waals surface area contributed by atoms with Crippen LogP contribution in [-0.4, -0.2) is 25.8 Å². The van der Waals surface area contributed by atoms with Crippen molar-refractivity contribution in [1.82, 2.24) is 5.32 Å². The molecule has 1 aromatic rings. The third kappa shape index (κ3) is 3.20. The Kier molecular flexibility index (Phi) is 3.69. The molecule has 5 heteroatoms. The molecule has 1 saturated heterocycles. The maximum absolute atomic E-state index is 12.7. The first-order valence-corrected chi connectivity index (χ1v) is 5.55. The van der Waals surface area contributed by atoms with Crippen molar-refractivity contribution in [2.45, 2.75) is 18.7 Å². The zero-order valence-corrected chi connectivity index (χ0v) is 9.26. The Morgan fingerprint density at radius 1 is 1.29 bits per heavy atom. The molecule has 0 saturated carbocycles. The minimum Gasteiger partial charge on any atom is -0.375 e. The lowest BCUT2D eigenvalue weighted by Gasteiger charge is -2.24. The molecule has 0 spiro atoms. The van der Waals surface area contributed by atoms with E-state index in [0.29, 0.717) is 25.1 Å². The number of rotatable bonds is 2. The number of hydrogen-bond acceptors (Lipinski definition) is 2. The number of alkyl halides is 3. The van der Waals surface area contributed by atoms with Gasteiger partial charge in [0.05, 0.1) is 18.3 Å². The van der Waals surface area contributed by atoms with Crippen LogP contribution in [0.3, 0.4) is 0 Å². The molecular formula is C12H14F3NO. The van der Waals surface area contributed by atoms with Gasteiger partial charge in [0.25, 0.3) is 0 Å². The fraction of sp³-hybridized carbons (Fsp3) is 0.500. The summed E-state index contributed by atoms with van der Waals surface area (Å²) in [6, 6.07) is 5.67. The van der Waals surface area contributed by atoms with Crippen LogP contribution in [0.4, 0.5) is 13.2 Å². The number of nitrogens with one attached hydrogen (secondary N) is 1. The molecule has 1 N–H and O–H groups in total. The second-order valence-electron chi connectivity index (χ2n) is 4.06. The molecule has 0 bridgehead atoms. The second-order valence-corrected chi connectivity index (χ2v) is 4.06. The molecule has 0 amide bonds. The molecule has 17 heavy (non-hydrogen) atoms. The molecule has 0 aromatic heterocycles. The monoisotopic (exact) mass is 245 g/mol. The van der Waals surface area contributed by atoms with E-state index in [1.165, 1.54) is 12.1 Å². The van der Waals surface area contributed by atoms with Crippen LogP contribution in [0.25, 0.3) is 0 Å². The van der Waals surface area contributed by atoms with Gasteiger partial charge in [-0.3, -0.25) is 0 Å². The lowest BCUT2D eigenvalue weighted by molar-refractivity contribution is -0.138. The molecular weight excluding hydrogens is 231 g/mol. The van der Waals surface area contributed by atoms with E-state index < -0.39 is 11.7 Å². The highest BCUT2D eigenvalue weighted by Gasteiger charge is 2.33. The van der Waals surface area contributed by atoms with Gasteiger partial charge >= 0.3 is 6.18 Å². The molecule has 1 aliphatic rings. The van der Waals surface area contributed by atoms with Gasteiger partial charge in [0.1, 0.15) is 0 Å². The Morgan fingerprint density at radius 3 is 2.71 bits per heavy atom. The van der Waals surface area contributed by atoms with Crippen molar-refractivity contribution >= 4 is 0 Å². The highest BCUT2D eigenvalue weighted by atomic mass is 19.4. The quantitative estimate of drug-likeness (QED) is 0.862. The normalized spacial score (nSPS) is 21.5. The summed E-state index contributed by atoms with van der Waals surface area (Å²) < 4.78 is 43.7. The van der Waals surface area contributed by atoms with E-state index in [2.05, 4.69) is 5.32 Å². The van der Waals surface area contributed by atoms with Crippen LogP contribution in [0.5, 0.6) is 0 Å². The Balaban J connectivity index is 2.14. The van der Waals surface area contributed by atoms with Crippen LogP contribution in [-0.2, 0) is 17.3 Å². The third-order valence-corrected chi connectivity index (χ3v) is 2.77. The fourth-order valence-electron chi connectivity index (χ4n) is 1.97. The predicted octanol–water partition coefficient (Wildman–Crippen LogP) is 2.24. The summed E-state index contributed by atoms with van der Waals surface area (Å²) in [7, 11) is 0. The highest BCUT2D eigenvalue weighted by molar-refractivity contribution is 5.30. The fourth-order valence-corrected chi connectivity index (χ4v) is 1.97. The first-order chi connectivity index (χ1) is 8.07. The molecule has 1 aromatic carbocycles. The number of ether oxygens (including phenoxy) is 1. The van der Waals surface area contributed by atoms with Crippen molar-refractivity contribution in [2.75, 3.05) is 19.7 Å². The largest absolute Gasteiger partial charge is 0.416 e. The summed E-state index contributed by atoms with van der Waals surface area (Å²) in [4.78, 5) is 0. The van der Waals surface area contributed by atoms with Crippen LogP contribution in [0.15, 0.2) is 24.3 Å². The van der Waals surface area contributed by atoms with Crippen molar-refractivity contribution in [3.8, 4) is 0 Å². The van der Waals surface area contributed by atoms with Crippen LogP contribution >= 0.6 is 0 Å². The maximum Gasteiger partial charge on any atom is 0.416 e. The number of hydrogen-bond donors (Lipinski definition) is 1. The Bertz CT molecular complexity index is 372. The van der Waals surface area contributed by atoms with Crippen molar-refractivity contribution < 1.29 is 17.9 Å². The molecule has 2 rings (SSSR count). The van der Waals surface area contributed by atoms with E-state index in [1.807, 2.05) is 0 Å². The summed E-state index contributed by atoms with van der Waals surface area (Å²) in [6.45, 7) is 1.92. The van der Waals surface area contributed by atoms with Gasteiger partial charge in [0.2, 0.25) is 0 Å². The van der Waals surface area contributed by atoms with E-state index in [-0.39, 0.29) is 6.10 Å². The lowest BCUT2D eigenvalue weighted by atomic mass is 10.0. The van der Waals surface area contributed by atoms with Gasteiger partial charge in [-0.25, -0.2) is 0 Å². The summed E-state index contributed by atoms with van der Waals surface area (Å²) in [5.41, 5.74) is -0.261. The topological polar surface area (TPSA) is 21.3 Å². The number of halogens is 3. The van der Waals surface area contributed by atoms with Crippen molar-refractivity contribution in [1.29, 1.82) is 0 Å². The van der Waals surface area contributed by atoms with E-state index in [0.717, 1.165) is 12.6 Å². The first kappa shape index (κ1) is 12.4. The Hall–Kier alpha value is -1.07. The summed E-state index contributed by atoms with van der Waals surface area (Å²) in [5.74, 6) is 0. The zero-order chi connectivity index (χ0) is 12.3. The molecule has 2 nitrogen and oxygen atoms in total. The molecule has 1 unspecified atom stereocenters.